The lowest BCUT2D eigenvalue weighted by Crippen LogP contribution is -2.33. The summed E-state index contributed by atoms with van der Waals surface area (Å²) in [5.74, 6) is -0.289. The standard InChI is InChI=1S/C13H15N5O/c14-5-1-7-18(8-2-6-15)13(19)11-4-3-10(16)9-12(11)17/h3-4,9H,1-2,7-8,16-17H2. The Balaban J connectivity index is 2.91. The van der Waals surface area contributed by atoms with Crippen LogP contribution in [-0.4, -0.2) is 23.9 Å². The van der Waals surface area contributed by atoms with E-state index in [9.17, 15) is 4.79 Å². The highest BCUT2D eigenvalue weighted by Crippen LogP contribution is 2.18. The lowest BCUT2D eigenvalue weighted by atomic mass is 10.1. The Bertz CT molecular complexity index is 523. The first kappa shape index (κ1) is 14.3. The molecular formula is C13H15N5O. The Morgan fingerprint density at radius 2 is 1.74 bits per heavy atom. The maximum absolute atomic E-state index is 12.3. The molecule has 0 spiro atoms. The summed E-state index contributed by atoms with van der Waals surface area (Å²) in [6.07, 6.45) is 0.429. The van der Waals surface area contributed by atoms with Crippen LogP contribution in [0.1, 0.15) is 23.2 Å². The third-order valence-electron chi connectivity index (χ3n) is 2.58. The predicted molar refractivity (Wildman–Crippen MR) is 71.6 cm³/mol. The molecule has 0 aliphatic rings. The molecule has 19 heavy (non-hydrogen) atoms. The van der Waals surface area contributed by atoms with Crippen LogP contribution in [0.25, 0.3) is 0 Å². The Morgan fingerprint density at radius 3 is 2.21 bits per heavy atom. The van der Waals surface area contributed by atoms with Crippen molar-refractivity contribution in [1.29, 1.82) is 10.5 Å². The van der Waals surface area contributed by atoms with Crippen molar-refractivity contribution in [3.63, 3.8) is 0 Å². The van der Waals surface area contributed by atoms with E-state index >= 15 is 0 Å². The van der Waals surface area contributed by atoms with Gasteiger partial charge in [0.25, 0.3) is 5.91 Å². The molecule has 0 saturated heterocycles. The van der Waals surface area contributed by atoms with Gasteiger partial charge in [0.05, 0.1) is 30.5 Å². The Morgan fingerprint density at radius 1 is 1.16 bits per heavy atom. The maximum atomic E-state index is 12.3. The lowest BCUT2D eigenvalue weighted by Gasteiger charge is -2.21. The minimum Gasteiger partial charge on any atom is -0.399 e. The van der Waals surface area contributed by atoms with Crippen LogP contribution in [0.4, 0.5) is 11.4 Å². The summed E-state index contributed by atoms with van der Waals surface area (Å²) < 4.78 is 0. The van der Waals surface area contributed by atoms with E-state index in [1.807, 2.05) is 12.1 Å². The molecule has 4 N–H and O–H groups in total. The molecule has 0 aliphatic heterocycles. The van der Waals surface area contributed by atoms with Crippen molar-refractivity contribution in [2.24, 2.45) is 0 Å². The summed E-state index contributed by atoms with van der Waals surface area (Å²) in [6, 6.07) is 8.62. The Hall–Kier alpha value is -2.73. The molecule has 0 aromatic heterocycles. The second-order valence-corrected chi connectivity index (χ2v) is 3.96. The number of nitrogens with two attached hydrogens (primary N) is 2. The molecule has 98 valence electrons. The molecule has 6 heteroatoms. The van der Waals surface area contributed by atoms with E-state index in [0.29, 0.717) is 16.9 Å². The van der Waals surface area contributed by atoms with E-state index in [-0.39, 0.29) is 31.8 Å². The van der Waals surface area contributed by atoms with Gasteiger partial charge in [0.2, 0.25) is 0 Å². The van der Waals surface area contributed by atoms with Gasteiger partial charge in [-0.05, 0) is 18.2 Å². The van der Waals surface area contributed by atoms with Crippen molar-refractivity contribution < 1.29 is 4.79 Å². The summed E-state index contributed by atoms with van der Waals surface area (Å²) in [5, 5.41) is 17.2. The molecule has 0 atom stereocenters. The lowest BCUT2D eigenvalue weighted by molar-refractivity contribution is 0.0763. The third-order valence-corrected chi connectivity index (χ3v) is 2.58. The van der Waals surface area contributed by atoms with Crippen molar-refractivity contribution in [1.82, 2.24) is 4.90 Å². The van der Waals surface area contributed by atoms with E-state index < -0.39 is 0 Å². The van der Waals surface area contributed by atoms with Crippen molar-refractivity contribution >= 4 is 17.3 Å². The molecule has 6 nitrogen and oxygen atoms in total. The van der Waals surface area contributed by atoms with Crippen LogP contribution >= 0.6 is 0 Å². The molecule has 0 saturated carbocycles. The first-order valence-electron chi connectivity index (χ1n) is 5.78. The fourth-order valence-electron chi connectivity index (χ4n) is 1.63. The zero-order chi connectivity index (χ0) is 14.3. The molecule has 1 aromatic carbocycles. The van der Waals surface area contributed by atoms with Gasteiger partial charge in [-0.15, -0.1) is 0 Å². The van der Waals surface area contributed by atoms with Crippen molar-refractivity contribution in [3.05, 3.63) is 23.8 Å². The number of nitrogens with zero attached hydrogens (tertiary/aromatic N) is 3. The fourth-order valence-corrected chi connectivity index (χ4v) is 1.63. The van der Waals surface area contributed by atoms with Gasteiger partial charge in [-0.25, -0.2) is 0 Å². The Kier molecular flexibility index (Phi) is 5.18. The number of benzene rings is 1. The number of hydrogen-bond acceptors (Lipinski definition) is 5. The van der Waals surface area contributed by atoms with Gasteiger partial charge in [-0.2, -0.15) is 10.5 Å². The summed E-state index contributed by atoms with van der Waals surface area (Å²) in [6.45, 7) is 0.557. The molecule has 1 aromatic rings. The molecule has 1 amide bonds. The maximum Gasteiger partial charge on any atom is 0.256 e. The molecule has 0 fully saturated rings. The highest BCUT2D eigenvalue weighted by Gasteiger charge is 2.17. The number of anilines is 2. The van der Waals surface area contributed by atoms with Gasteiger partial charge >= 0.3 is 0 Å². The highest BCUT2D eigenvalue weighted by molar-refractivity contribution is 5.99. The van der Waals surface area contributed by atoms with Crippen molar-refractivity contribution in [2.75, 3.05) is 24.6 Å². The van der Waals surface area contributed by atoms with Crippen LogP contribution in [0, 0.1) is 22.7 Å². The largest absolute Gasteiger partial charge is 0.399 e. The third kappa shape index (κ3) is 3.90. The predicted octanol–water partition coefficient (Wildman–Crippen LogP) is 1.12. The smallest absolute Gasteiger partial charge is 0.256 e. The van der Waals surface area contributed by atoms with Crippen molar-refractivity contribution in [2.45, 2.75) is 12.8 Å². The van der Waals surface area contributed by atoms with Crippen LogP contribution in [0.2, 0.25) is 0 Å². The molecule has 0 bridgehead atoms. The van der Waals surface area contributed by atoms with E-state index in [1.54, 1.807) is 12.1 Å². The average molecular weight is 257 g/mol. The zero-order valence-electron chi connectivity index (χ0n) is 10.5. The van der Waals surface area contributed by atoms with Gasteiger partial charge in [-0.3, -0.25) is 4.79 Å². The van der Waals surface area contributed by atoms with Crippen LogP contribution < -0.4 is 11.5 Å². The summed E-state index contributed by atoms with van der Waals surface area (Å²) in [4.78, 5) is 13.7. The van der Waals surface area contributed by atoms with E-state index in [1.165, 1.54) is 11.0 Å². The normalized spacial score (nSPS) is 9.37. The van der Waals surface area contributed by atoms with Crippen LogP contribution in [-0.2, 0) is 0 Å². The molecule has 1 rings (SSSR count). The highest BCUT2D eigenvalue weighted by atomic mass is 16.2. The van der Waals surface area contributed by atoms with Crippen LogP contribution in [0.3, 0.4) is 0 Å². The number of nitrogen functional groups attached to an aromatic ring is 2. The van der Waals surface area contributed by atoms with Gasteiger partial charge in [0.1, 0.15) is 0 Å². The SMILES string of the molecule is N#CCCN(CCC#N)C(=O)c1ccc(N)cc1N. The van der Waals surface area contributed by atoms with E-state index in [2.05, 4.69) is 0 Å². The van der Waals surface area contributed by atoms with Gasteiger partial charge in [-0.1, -0.05) is 0 Å². The number of hydrogen-bond donors (Lipinski definition) is 2. The first-order valence-corrected chi connectivity index (χ1v) is 5.78. The quantitative estimate of drug-likeness (QED) is 0.766. The number of carbonyl (C=O) groups is 1. The first-order chi connectivity index (χ1) is 9.10. The zero-order valence-corrected chi connectivity index (χ0v) is 10.5. The Labute approximate surface area is 111 Å². The number of carbonyl (C=O) groups excluding carboxylic acids is 1. The number of rotatable bonds is 5. The van der Waals surface area contributed by atoms with Gasteiger partial charge in [0.15, 0.2) is 0 Å². The molecule has 0 radical (unpaired) electrons. The molecule has 0 aliphatic carbocycles. The number of nitriles is 2. The van der Waals surface area contributed by atoms with Gasteiger partial charge < -0.3 is 16.4 Å². The fraction of sp³-hybridized carbons (Fsp3) is 0.308. The van der Waals surface area contributed by atoms with Crippen LogP contribution in [0.5, 0.6) is 0 Å². The summed E-state index contributed by atoms with van der Waals surface area (Å²) in [7, 11) is 0. The summed E-state index contributed by atoms with van der Waals surface area (Å²) in [5.41, 5.74) is 12.4. The van der Waals surface area contributed by atoms with Gasteiger partial charge in [0, 0.05) is 24.5 Å². The second kappa shape index (κ2) is 6.87. The van der Waals surface area contributed by atoms with Crippen molar-refractivity contribution in [3.8, 4) is 12.1 Å². The van der Waals surface area contributed by atoms with E-state index in [0.717, 1.165) is 0 Å². The van der Waals surface area contributed by atoms with Crippen LogP contribution in [0.15, 0.2) is 18.2 Å². The minimum atomic E-state index is -0.289. The molecular weight excluding hydrogens is 242 g/mol. The number of amides is 1. The molecule has 0 unspecified atom stereocenters. The molecule has 0 heterocycles. The van der Waals surface area contributed by atoms with E-state index in [4.69, 9.17) is 22.0 Å². The monoisotopic (exact) mass is 257 g/mol. The minimum absolute atomic E-state index is 0.214. The topological polar surface area (TPSA) is 120 Å². The summed E-state index contributed by atoms with van der Waals surface area (Å²) >= 11 is 0. The average Bonchev–Trinajstić information content (AvgIpc) is 2.38. The second-order valence-electron chi connectivity index (χ2n) is 3.96.